The van der Waals surface area contributed by atoms with Gasteiger partial charge in [0, 0.05) is 0 Å². The zero-order chi connectivity index (χ0) is 11.6. The Labute approximate surface area is 87.1 Å². The van der Waals surface area contributed by atoms with Gasteiger partial charge in [-0.05, 0) is 6.42 Å². The highest BCUT2D eigenvalue weighted by Crippen LogP contribution is 2.26. The number of sulfone groups is 1. The Morgan fingerprint density at radius 2 is 1.93 bits per heavy atom. The lowest BCUT2D eigenvalue weighted by molar-refractivity contribution is -0.155. The quantitative estimate of drug-likeness (QED) is 0.636. The van der Waals surface area contributed by atoms with Gasteiger partial charge in [0.15, 0.2) is 9.84 Å². The molecule has 1 saturated heterocycles. The Bertz CT molecular complexity index is 371. The van der Waals surface area contributed by atoms with E-state index in [1.54, 1.807) is 0 Å². The Kier molecular flexibility index (Phi) is 3.33. The molecule has 0 radical (unpaired) electrons. The summed E-state index contributed by atoms with van der Waals surface area (Å²) in [5.74, 6) is -4.60. The maximum atomic E-state index is 11.2. The fourth-order valence-corrected chi connectivity index (χ4v) is 3.36. The molecule has 1 rings (SSSR count). The molecule has 0 bridgehead atoms. The van der Waals surface area contributed by atoms with E-state index in [9.17, 15) is 18.0 Å². The zero-order valence-electron chi connectivity index (χ0n) is 8.17. The molecule has 6 nitrogen and oxygen atoms in total. The van der Waals surface area contributed by atoms with Crippen LogP contribution >= 0.6 is 0 Å². The van der Waals surface area contributed by atoms with Crippen LogP contribution in [-0.4, -0.2) is 44.1 Å². The molecular weight excluding hydrogens is 224 g/mol. The second kappa shape index (κ2) is 4.18. The number of carboxylic acid groups (broad SMARTS) is 1. The summed E-state index contributed by atoms with van der Waals surface area (Å²) < 4.78 is 26.9. The number of aliphatic carboxylic acids is 1. The summed E-state index contributed by atoms with van der Waals surface area (Å²) in [6.07, 6.45) is 0.0198. The fraction of sp³-hybridized carbons (Fsp3) is 0.750. The molecule has 1 heterocycles. The van der Waals surface area contributed by atoms with Crippen LogP contribution in [-0.2, 0) is 24.2 Å². The lowest BCUT2D eigenvalue weighted by Crippen LogP contribution is -2.41. The van der Waals surface area contributed by atoms with Gasteiger partial charge in [0.05, 0.1) is 30.5 Å². The summed E-state index contributed by atoms with van der Waals surface area (Å²) >= 11 is 0. The molecule has 0 saturated carbocycles. The maximum Gasteiger partial charge on any atom is 0.309 e. The number of carboxylic acids is 1. The maximum absolute atomic E-state index is 11.2. The number of hydrogen-bond acceptors (Lipinski definition) is 5. The average molecular weight is 236 g/mol. The summed E-state index contributed by atoms with van der Waals surface area (Å²) in [6, 6.07) is 0. The van der Waals surface area contributed by atoms with E-state index >= 15 is 0 Å². The van der Waals surface area contributed by atoms with E-state index in [2.05, 4.69) is 4.74 Å². The summed E-state index contributed by atoms with van der Waals surface area (Å²) in [4.78, 5) is 22.0. The highest BCUT2D eigenvalue weighted by Gasteiger charge is 2.42. The van der Waals surface area contributed by atoms with E-state index in [1.807, 2.05) is 0 Å². The molecule has 0 aromatic heterocycles. The van der Waals surface area contributed by atoms with Crippen molar-refractivity contribution >= 4 is 21.8 Å². The van der Waals surface area contributed by atoms with Crippen LogP contribution in [0.25, 0.3) is 0 Å². The largest absolute Gasteiger partial charge is 0.481 e. The number of esters is 1. The van der Waals surface area contributed by atoms with Crippen LogP contribution in [0.5, 0.6) is 0 Å². The summed E-state index contributed by atoms with van der Waals surface area (Å²) in [5.41, 5.74) is 0. The van der Waals surface area contributed by atoms with Gasteiger partial charge < -0.3 is 9.84 Å². The van der Waals surface area contributed by atoms with Crippen molar-refractivity contribution in [2.75, 3.05) is 18.6 Å². The normalized spacial score (nSPS) is 29.4. The molecule has 0 aliphatic carbocycles. The van der Waals surface area contributed by atoms with Gasteiger partial charge in [0.25, 0.3) is 0 Å². The standard InChI is InChI=1S/C8H12O6S/c1-14-8(11)5-2-3-15(12,13)4-6(5)7(9)10/h5-6H,2-4H2,1H3,(H,9,10). The number of ether oxygens (including phenoxy) is 1. The van der Waals surface area contributed by atoms with E-state index in [-0.39, 0.29) is 12.2 Å². The molecule has 2 unspecified atom stereocenters. The van der Waals surface area contributed by atoms with Gasteiger partial charge in [-0.15, -0.1) is 0 Å². The minimum absolute atomic E-state index is 0.0198. The fourth-order valence-electron chi connectivity index (χ4n) is 1.66. The molecule has 0 aromatic rings. The number of rotatable bonds is 2. The zero-order valence-corrected chi connectivity index (χ0v) is 8.99. The number of methoxy groups -OCH3 is 1. The molecule has 1 fully saturated rings. The molecule has 0 aromatic carbocycles. The third-order valence-electron chi connectivity index (χ3n) is 2.48. The van der Waals surface area contributed by atoms with Crippen LogP contribution in [0.3, 0.4) is 0 Å². The molecule has 2 atom stereocenters. The van der Waals surface area contributed by atoms with Crippen LogP contribution in [0, 0.1) is 11.8 Å². The molecule has 0 spiro atoms. The van der Waals surface area contributed by atoms with E-state index in [0.717, 1.165) is 7.11 Å². The Morgan fingerprint density at radius 1 is 1.33 bits per heavy atom. The third kappa shape index (κ3) is 2.68. The van der Waals surface area contributed by atoms with Crippen LogP contribution < -0.4 is 0 Å². The van der Waals surface area contributed by atoms with Gasteiger partial charge >= 0.3 is 11.9 Å². The van der Waals surface area contributed by atoms with Crippen LogP contribution in [0.4, 0.5) is 0 Å². The molecule has 0 amide bonds. The van der Waals surface area contributed by atoms with Gasteiger partial charge in [-0.3, -0.25) is 9.59 Å². The molecule has 1 aliphatic rings. The molecular formula is C8H12O6S. The minimum atomic E-state index is -3.34. The highest BCUT2D eigenvalue weighted by molar-refractivity contribution is 7.91. The predicted molar refractivity (Wildman–Crippen MR) is 49.9 cm³/mol. The first kappa shape index (κ1) is 12.0. The topological polar surface area (TPSA) is 97.7 Å². The number of hydrogen-bond donors (Lipinski definition) is 1. The van der Waals surface area contributed by atoms with Crippen molar-refractivity contribution in [3.05, 3.63) is 0 Å². The van der Waals surface area contributed by atoms with Crippen molar-refractivity contribution in [3.63, 3.8) is 0 Å². The smallest absolute Gasteiger partial charge is 0.309 e. The van der Waals surface area contributed by atoms with Crippen molar-refractivity contribution in [2.45, 2.75) is 6.42 Å². The molecule has 1 aliphatic heterocycles. The Morgan fingerprint density at radius 3 is 2.40 bits per heavy atom. The summed E-state index contributed by atoms with van der Waals surface area (Å²) in [7, 11) is -2.18. The number of carbonyl (C=O) groups excluding carboxylic acids is 1. The van der Waals surface area contributed by atoms with Gasteiger partial charge in [0.2, 0.25) is 0 Å². The van der Waals surface area contributed by atoms with Gasteiger partial charge in [-0.2, -0.15) is 0 Å². The monoisotopic (exact) mass is 236 g/mol. The summed E-state index contributed by atoms with van der Waals surface area (Å²) in [6.45, 7) is 0. The first-order valence-electron chi connectivity index (χ1n) is 4.38. The van der Waals surface area contributed by atoms with Crippen LogP contribution in [0.2, 0.25) is 0 Å². The lowest BCUT2D eigenvalue weighted by atomic mass is 9.91. The summed E-state index contributed by atoms with van der Waals surface area (Å²) in [5, 5.41) is 8.81. The molecule has 86 valence electrons. The molecule has 15 heavy (non-hydrogen) atoms. The van der Waals surface area contributed by atoms with Crippen molar-refractivity contribution < 1.29 is 27.9 Å². The predicted octanol–water partition coefficient (Wildman–Crippen LogP) is -0.705. The Balaban J connectivity index is 2.91. The van der Waals surface area contributed by atoms with E-state index in [0.29, 0.717) is 0 Å². The lowest BCUT2D eigenvalue weighted by Gasteiger charge is -2.26. The van der Waals surface area contributed by atoms with Crippen LogP contribution in [0.1, 0.15) is 6.42 Å². The molecule has 7 heteroatoms. The second-order valence-electron chi connectivity index (χ2n) is 3.48. The van der Waals surface area contributed by atoms with Crippen molar-refractivity contribution in [3.8, 4) is 0 Å². The SMILES string of the molecule is COC(=O)C1CCS(=O)(=O)CC1C(=O)O. The van der Waals surface area contributed by atoms with E-state index < -0.39 is 39.4 Å². The highest BCUT2D eigenvalue weighted by atomic mass is 32.2. The number of carbonyl (C=O) groups is 2. The second-order valence-corrected chi connectivity index (χ2v) is 5.71. The van der Waals surface area contributed by atoms with E-state index in [4.69, 9.17) is 5.11 Å². The van der Waals surface area contributed by atoms with Crippen molar-refractivity contribution in [2.24, 2.45) is 11.8 Å². The first-order valence-corrected chi connectivity index (χ1v) is 6.20. The first-order chi connectivity index (χ1) is 6.87. The van der Waals surface area contributed by atoms with Gasteiger partial charge in [-0.25, -0.2) is 8.42 Å². The third-order valence-corrected chi connectivity index (χ3v) is 4.20. The van der Waals surface area contributed by atoms with Gasteiger partial charge in [0.1, 0.15) is 0 Å². The van der Waals surface area contributed by atoms with Crippen molar-refractivity contribution in [1.82, 2.24) is 0 Å². The Hall–Kier alpha value is -1.11. The van der Waals surface area contributed by atoms with E-state index in [1.165, 1.54) is 0 Å². The van der Waals surface area contributed by atoms with Gasteiger partial charge in [-0.1, -0.05) is 0 Å². The average Bonchev–Trinajstić information content (AvgIpc) is 2.15. The minimum Gasteiger partial charge on any atom is -0.481 e. The van der Waals surface area contributed by atoms with Crippen molar-refractivity contribution in [1.29, 1.82) is 0 Å². The van der Waals surface area contributed by atoms with Crippen LogP contribution in [0.15, 0.2) is 0 Å². The molecule has 1 N–H and O–H groups in total.